The molecule has 120 valence electrons. The molecule has 0 spiro atoms. The van der Waals surface area contributed by atoms with Gasteiger partial charge in [-0.25, -0.2) is 0 Å². The van der Waals surface area contributed by atoms with Crippen LogP contribution in [0.25, 0.3) is 0 Å². The standard InChI is InChI=1S/C18H18ClNO3/c1-8-13(19)3-2-4-14(8)20-17(21)15-9-5-6-10(12-7-11(9)12)16(15)18(22)23/h2-6,9-12,15-16H,7H2,1H3,(H,20,21)(H,22,23)/t9-,10+,11+,12+,15-,16-/m0/s1. The molecule has 1 aromatic rings. The minimum Gasteiger partial charge on any atom is -0.481 e. The van der Waals surface area contributed by atoms with E-state index >= 15 is 0 Å². The SMILES string of the molecule is Cc1c(Cl)cccc1NC(=O)[C@H]1[C@H]2C=C[C@H]([C@H]3C[C@H]23)[C@@H]1C(=O)O. The minimum absolute atomic E-state index is 0.00120. The Balaban J connectivity index is 1.63. The number of carbonyl (C=O) groups excluding carboxylic acids is 1. The third kappa shape index (κ3) is 2.19. The maximum atomic E-state index is 12.8. The molecule has 2 N–H and O–H groups in total. The summed E-state index contributed by atoms with van der Waals surface area (Å²) in [6, 6.07) is 5.35. The fourth-order valence-electron chi connectivity index (χ4n) is 4.53. The summed E-state index contributed by atoms with van der Waals surface area (Å²) in [5.74, 6) is -1.19. The molecule has 4 nitrogen and oxygen atoms in total. The maximum Gasteiger partial charge on any atom is 0.307 e. The van der Waals surface area contributed by atoms with Gasteiger partial charge in [-0.15, -0.1) is 0 Å². The lowest BCUT2D eigenvalue weighted by Crippen LogP contribution is -2.48. The Kier molecular flexibility index (Phi) is 3.27. The van der Waals surface area contributed by atoms with Crippen LogP contribution in [0.1, 0.15) is 12.0 Å². The average Bonchev–Trinajstić information content (AvgIpc) is 3.33. The van der Waals surface area contributed by atoms with Gasteiger partial charge >= 0.3 is 5.97 Å². The first kappa shape index (κ1) is 14.8. The Labute approximate surface area is 139 Å². The molecule has 6 atom stereocenters. The van der Waals surface area contributed by atoms with Gasteiger partial charge in [-0.05, 0) is 54.7 Å². The highest BCUT2D eigenvalue weighted by Gasteiger charge is 2.62. The van der Waals surface area contributed by atoms with Gasteiger partial charge in [-0.3, -0.25) is 9.59 Å². The molecule has 0 unspecified atom stereocenters. The van der Waals surface area contributed by atoms with Gasteiger partial charge in [0.05, 0.1) is 11.8 Å². The molecule has 1 aromatic carbocycles. The third-order valence-electron chi connectivity index (χ3n) is 5.77. The number of carboxylic acid groups (broad SMARTS) is 1. The van der Waals surface area contributed by atoms with Crippen LogP contribution in [-0.2, 0) is 9.59 Å². The van der Waals surface area contributed by atoms with Crippen LogP contribution in [-0.4, -0.2) is 17.0 Å². The Morgan fingerprint density at radius 2 is 1.83 bits per heavy atom. The van der Waals surface area contributed by atoms with Crippen molar-refractivity contribution in [3.63, 3.8) is 0 Å². The molecule has 0 aromatic heterocycles. The predicted molar refractivity (Wildman–Crippen MR) is 87.2 cm³/mol. The van der Waals surface area contributed by atoms with Gasteiger partial charge in [0.25, 0.3) is 0 Å². The number of carboxylic acids is 1. The van der Waals surface area contributed by atoms with Crippen molar-refractivity contribution < 1.29 is 14.7 Å². The van der Waals surface area contributed by atoms with E-state index in [1.54, 1.807) is 18.2 Å². The molecule has 0 saturated heterocycles. The second kappa shape index (κ2) is 5.10. The van der Waals surface area contributed by atoms with Crippen molar-refractivity contribution in [1.82, 2.24) is 0 Å². The molecule has 23 heavy (non-hydrogen) atoms. The molecule has 0 radical (unpaired) electrons. The van der Waals surface area contributed by atoms with Gasteiger partial charge in [-0.1, -0.05) is 29.8 Å². The van der Waals surface area contributed by atoms with E-state index in [0.29, 0.717) is 22.5 Å². The van der Waals surface area contributed by atoms with E-state index in [0.717, 1.165) is 12.0 Å². The second-order valence-electron chi connectivity index (χ2n) is 6.89. The number of fused-ring (bicyclic) bond motifs is 1. The van der Waals surface area contributed by atoms with Crippen molar-refractivity contribution in [3.8, 4) is 0 Å². The number of rotatable bonds is 3. The summed E-state index contributed by atoms with van der Waals surface area (Å²) in [5, 5.41) is 13.1. The molecule has 5 heteroatoms. The van der Waals surface area contributed by atoms with Crippen molar-refractivity contribution in [3.05, 3.63) is 40.9 Å². The number of hydrogen-bond donors (Lipinski definition) is 2. The lowest BCUT2D eigenvalue weighted by Gasteiger charge is -2.41. The van der Waals surface area contributed by atoms with Gasteiger partial charge in [0.2, 0.25) is 5.91 Å². The molecular weight excluding hydrogens is 314 g/mol. The van der Waals surface area contributed by atoms with Gasteiger partial charge in [0.1, 0.15) is 0 Å². The van der Waals surface area contributed by atoms with Crippen LogP contribution in [0.5, 0.6) is 0 Å². The van der Waals surface area contributed by atoms with Gasteiger partial charge in [0, 0.05) is 10.7 Å². The molecule has 0 heterocycles. The zero-order chi connectivity index (χ0) is 16.3. The van der Waals surface area contributed by atoms with Crippen LogP contribution in [0, 0.1) is 42.4 Å². The first-order valence-corrected chi connectivity index (χ1v) is 8.34. The number of amides is 1. The number of benzene rings is 1. The number of allylic oxidation sites excluding steroid dienone is 2. The second-order valence-corrected chi connectivity index (χ2v) is 7.30. The van der Waals surface area contributed by atoms with E-state index in [-0.39, 0.29) is 17.7 Å². The summed E-state index contributed by atoms with van der Waals surface area (Å²) in [4.78, 5) is 24.6. The largest absolute Gasteiger partial charge is 0.481 e. The summed E-state index contributed by atoms with van der Waals surface area (Å²) >= 11 is 6.10. The Morgan fingerprint density at radius 1 is 1.17 bits per heavy atom. The van der Waals surface area contributed by atoms with Gasteiger partial charge in [0.15, 0.2) is 0 Å². The lowest BCUT2D eigenvalue weighted by atomic mass is 9.62. The number of halogens is 1. The van der Waals surface area contributed by atoms with Gasteiger partial charge < -0.3 is 10.4 Å². The van der Waals surface area contributed by atoms with Crippen molar-refractivity contribution in [1.29, 1.82) is 0 Å². The number of carbonyl (C=O) groups is 2. The van der Waals surface area contributed by atoms with Crippen LogP contribution in [0.3, 0.4) is 0 Å². The summed E-state index contributed by atoms with van der Waals surface area (Å²) in [7, 11) is 0. The molecule has 2 fully saturated rings. The molecule has 0 aliphatic heterocycles. The maximum absolute atomic E-state index is 12.8. The fraction of sp³-hybridized carbons (Fsp3) is 0.444. The van der Waals surface area contributed by atoms with Crippen LogP contribution >= 0.6 is 11.6 Å². The van der Waals surface area contributed by atoms with E-state index in [1.165, 1.54) is 0 Å². The number of hydrogen-bond acceptors (Lipinski definition) is 2. The normalized spacial score (nSPS) is 36.4. The molecular formula is C18H18ClNO3. The topological polar surface area (TPSA) is 66.4 Å². The number of anilines is 1. The summed E-state index contributed by atoms with van der Waals surface area (Å²) in [5.41, 5.74) is 1.46. The molecule has 4 aliphatic carbocycles. The average molecular weight is 332 g/mol. The predicted octanol–water partition coefficient (Wildman–Crippen LogP) is 3.36. The number of nitrogens with one attached hydrogen (secondary N) is 1. The van der Waals surface area contributed by atoms with Crippen molar-refractivity contribution >= 4 is 29.2 Å². The first-order valence-electron chi connectivity index (χ1n) is 7.96. The van der Waals surface area contributed by atoms with Crippen molar-refractivity contribution in [2.45, 2.75) is 13.3 Å². The lowest BCUT2D eigenvalue weighted by molar-refractivity contribution is -0.152. The van der Waals surface area contributed by atoms with Crippen molar-refractivity contribution in [2.75, 3.05) is 5.32 Å². The highest BCUT2D eigenvalue weighted by molar-refractivity contribution is 6.31. The van der Waals surface area contributed by atoms with E-state index in [2.05, 4.69) is 11.4 Å². The van der Waals surface area contributed by atoms with Crippen LogP contribution in [0.15, 0.2) is 30.4 Å². The van der Waals surface area contributed by atoms with Crippen molar-refractivity contribution in [2.24, 2.45) is 35.5 Å². The summed E-state index contributed by atoms with van der Waals surface area (Å²) in [6.07, 6.45) is 5.13. The minimum atomic E-state index is -0.863. The molecule has 2 saturated carbocycles. The molecule has 4 aliphatic rings. The molecule has 2 bridgehead atoms. The van der Waals surface area contributed by atoms with Crippen LogP contribution in [0.4, 0.5) is 5.69 Å². The number of aliphatic carboxylic acids is 1. The quantitative estimate of drug-likeness (QED) is 0.835. The zero-order valence-electron chi connectivity index (χ0n) is 12.7. The first-order chi connectivity index (χ1) is 11.0. The van der Waals surface area contributed by atoms with Crippen LogP contribution in [0.2, 0.25) is 5.02 Å². The molecule has 1 amide bonds. The monoisotopic (exact) mass is 331 g/mol. The smallest absolute Gasteiger partial charge is 0.307 e. The van der Waals surface area contributed by atoms with E-state index in [1.807, 2.05) is 13.0 Å². The van der Waals surface area contributed by atoms with E-state index in [4.69, 9.17) is 11.6 Å². The zero-order valence-corrected chi connectivity index (χ0v) is 13.5. The fourth-order valence-corrected chi connectivity index (χ4v) is 4.70. The highest BCUT2D eigenvalue weighted by Crippen LogP contribution is 2.63. The Bertz CT molecular complexity index is 729. The third-order valence-corrected chi connectivity index (χ3v) is 6.17. The van der Waals surface area contributed by atoms with E-state index in [9.17, 15) is 14.7 Å². The summed E-state index contributed by atoms with van der Waals surface area (Å²) < 4.78 is 0. The summed E-state index contributed by atoms with van der Waals surface area (Å²) in [6.45, 7) is 1.84. The Morgan fingerprint density at radius 3 is 2.48 bits per heavy atom. The Hall–Kier alpha value is -1.81. The van der Waals surface area contributed by atoms with Crippen LogP contribution < -0.4 is 5.32 Å². The molecule has 5 rings (SSSR count). The van der Waals surface area contributed by atoms with E-state index < -0.39 is 17.8 Å². The van der Waals surface area contributed by atoms with Gasteiger partial charge in [-0.2, -0.15) is 0 Å². The highest BCUT2D eigenvalue weighted by atomic mass is 35.5.